The molecule has 1 rings (SSSR count). The maximum absolute atomic E-state index is 12.2. The third-order valence-electron chi connectivity index (χ3n) is 1.90. The van der Waals surface area contributed by atoms with Gasteiger partial charge in [0.2, 0.25) is 5.91 Å². The molecule has 15 heavy (non-hydrogen) atoms. The maximum Gasteiger partial charge on any atom is 0.416 e. The Morgan fingerprint density at radius 2 is 1.67 bits per heavy atom. The zero-order chi connectivity index (χ0) is 11.6. The van der Waals surface area contributed by atoms with Crippen LogP contribution in [0.3, 0.4) is 0 Å². The van der Waals surface area contributed by atoms with Gasteiger partial charge in [-0.3, -0.25) is 4.79 Å². The average Bonchev–Trinajstić information content (AvgIpc) is 2.15. The van der Waals surface area contributed by atoms with Crippen molar-refractivity contribution in [3.8, 4) is 0 Å². The summed E-state index contributed by atoms with van der Waals surface area (Å²) in [6.45, 7) is 0. The number of carbonyl (C=O) groups is 1. The molecule has 3 nitrogen and oxygen atoms in total. The van der Waals surface area contributed by atoms with E-state index in [1.54, 1.807) is 0 Å². The van der Waals surface area contributed by atoms with Crippen molar-refractivity contribution in [1.29, 1.82) is 0 Å². The largest absolute Gasteiger partial charge is 0.416 e. The Hall–Kier alpha value is -1.56. The molecule has 1 amide bonds. The van der Waals surface area contributed by atoms with Gasteiger partial charge in [0, 0.05) is 0 Å². The van der Waals surface area contributed by atoms with Gasteiger partial charge in [0.1, 0.15) is 6.04 Å². The molecule has 6 heteroatoms. The van der Waals surface area contributed by atoms with Gasteiger partial charge < -0.3 is 11.5 Å². The number of nitrogens with two attached hydrogens (primary N) is 2. The zero-order valence-electron chi connectivity index (χ0n) is 7.58. The van der Waals surface area contributed by atoms with E-state index in [2.05, 4.69) is 0 Å². The number of benzene rings is 1. The summed E-state index contributed by atoms with van der Waals surface area (Å²) in [6, 6.07) is 2.92. The second-order valence-electron chi connectivity index (χ2n) is 3.00. The van der Waals surface area contributed by atoms with Crippen LogP contribution in [0.2, 0.25) is 0 Å². The Labute approximate surface area is 83.9 Å². The van der Waals surface area contributed by atoms with Gasteiger partial charge in [-0.1, -0.05) is 12.1 Å². The molecular formula is C9H9F3N2O. The molecular weight excluding hydrogens is 209 g/mol. The fraction of sp³-hybridized carbons (Fsp3) is 0.222. The lowest BCUT2D eigenvalue weighted by atomic mass is 10.1. The summed E-state index contributed by atoms with van der Waals surface area (Å²) in [5, 5.41) is 0. The van der Waals surface area contributed by atoms with Gasteiger partial charge in [-0.15, -0.1) is 0 Å². The maximum atomic E-state index is 12.2. The molecule has 0 saturated carbocycles. The number of carbonyl (C=O) groups excluding carboxylic acids is 1. The molecule has 82 valence electrons. The van der Waals surface area contributed by atoms with E-state index in [4.69, 9.17) is 11.5 Å². The Kier molecular flexibility index (Phi) is 2.99. The molecule has 0 aliphatic rings. The number of hydrogen-bond acceptors (Lipinski definition) is 2. The van der Waals surface area contributed by atoms with Crippen molar-refractivity contribution < 1.29 is 18.0 Å². The first-order chi connectivity index (χ1) is 6.82. The van der Waals surface area contributed by atoms with Gasteiger partial charge in [0.25, 0.3) is 0 Å². The molecule has 0 unspecified atom stereocenters. The van der Waals surface area contributed by atoms with Crippen LogP contribution in [0.15, 0.2) is 24.3 Å². The molecule has 0 aliphatic heterocycles. The highest BCUT2D eigenvalue weighted by atomic mass is 19.4. The first kappa shape index (κ1) is 11.5. The van der Waals surface area contributed by atoms with E-state index in [-0.39, 0.29) is 5.56 Å². The van der Waals surface area contributed by atoms with Gasteiger partial charge in [-0.2, -0.15) is 13.2 Å². The molecule has 0 radical (unpaired) electrons. The van der Waals surface area contributed by atoms with Crippen LogP contribution in [0.1, 0.15) is 17.2 Å². The lowest BCUT2D eigenvalue weighted by molar-refractivity contribution is -0.137. The SMILES string of the molecule is NC(=O)[C@@H](N)c1ccc(C(F)(F)F)cc1. The van der Waals surface area contributed by atoms with Crippen LogP contribution in [-0.2, 0) is 11.0 Å². The molecule has 0 bridgehead atoms. The Bertz CT molecular complexity index is 359. The predicted octanol–water partition coefficient (Wildman–Crippen LogP) is 1.19. The van der Waals surface area contributed by atoms with Crippen molar-refractivity contribution in [3.05, 3.63) is 35.4 Å². The van der Waals surface area contributed by atoms with Crippen LogP contribution < -0.4 is 11.5 Å². The summed E-state index contributed by atoms with van der Waals surface area (Å²) in [6.07, 6.45) is -4.39. The van der Waals surface area contributed by atoms with E-state index in [0.717, 1.165) is 24.3 Å². The molecule has 0 fully saturated rings. The van der Waals surface area contributed by atoms with Gasteiger partial charge in [-0.25, -0.2) is 0 Å². The van der Waals surface area contributed by atoms with Crippen molar-refractivity contribution >= 4 is 5.91 Å². The molecule has 1 aromatic carbocycles. The van der Waals surface area contributed by atoms with Crippen molar-refractivity contribution in [3.63, 3.8) is 0 Å². The standard InChI is InChI=1S/C9H9F3N2O/c10-9(11,12)6-3-1-5(2-4-6)7(13)8(14)15/h1-4,7H,13H2,(H2,14,15)/t7-/m0/s1. The molecule has 4 N–H and O–H groups in total. The molecule has 1 aromatic rings. The lowest BCUT2D eigenvalue weighted by Gasteiger charge is -2.10. The summed E-state index contributed by atoms with van der Waals surface area (Å²) in [7, 11) is 0. The minimum absolute atomic E-state index is 0.260. The van der Waals surface area contributed by atoms with Crippen molar-refractivity contribution in [2.45, 2.75) is 12.2 Å². The van der Waals surface area contributed by atoms with E-state index in [1.807, 2.05) is 0 Å². The van der Waals surface area contributed by atoms with Gasteiger partial charge in [0.05, 0.1) is 5.56 Å². The third kappa shape index (κ3) is 2.69. The van der Waals surface area contributed by atoms with Crippen molar-refractivity contribution in [1.82, 2.24) is 0 Å². The summed E-state index contributed by atoms with van der Waals surface area (Å²) in [4.78, 5) is 10.7. The van der Waals surface area contributed by atoms with Crippen LogP contribution in [-0.4, -0.2) is 5.91 Å². The van der Waals surface area contributed by atoms with Crippen LogP contribution in [0.4, 0.5) is 13.2 Å². The molecule has 0 spiro atoms. The minimum Gasteiger partial charge on any atom is -0.368 e. The van der Waals surface area contributed by atoms with Gasteiger partial charge >= 0.3 is 6.18 Å². The molecule has 0 heterocycles. The predicted molar refractivity (Wildman–Crippen MR) is 47.6 cm³/mol. The number of primary amides is 1. The number of rotatable bonds is 2. The quantitative estimate of drug-likeness (QED) is 0.782. The van der Waals surface area contributed by atoms with Gasteiger partial charge in [-0.05, 0) is 17.7 Å². The molecule has 0 aliphatic carbocycles. The van der Waals surface area contributed by atoms with Crippen LogP contribution in [0.5, 0.6) is 0 Å². The molecule has 0 saturated heterocycles. The topological polar surface area (TPSA) is 69.1 Å². The summed E-state index contributed by atoms with van der Waals surface area (Å²) >= 11 is 0. The van der Waals surface area contributed by atoms with Crippen LogP contribution in [0.25, 0.3) is 0 Å². The lowest BCUT2D eigenvalue weighted by Crippen LogP contribution is -2.28. The Balaban J connectivity index is 2.95. The number of amides is 1. The monoisotopic (exact) mass is 218 g/mol. The highest BCUT2D eigenvalue weighted by Crippen LogP contribution is 2.29. The van der Waals surface area contributed by atoms with E-state index in [9.17, 15) is 18.0 Å². The average molecular weight is 218 g/mol. The van der Waals surface area contributed by atoms with E-state index in [0.29, 0.717) is 0 Å². The highest BCUT2D eigenvalue weighted by molar-refractivity contribution is 5.81. The minimum atomic E-state index is -4.39. The summed E-state index contributed by atoms with van der Waals surface area (Å²) in [5.74, 6) is -0.783. The second kappa shape index (κ2) is 3.90. The van der Waals surface area contributed by atoms with Crippen molar-refractivity contribution in [2.75, 3.05) is 0 Å². The Morgan fingerprint density at radius 3 is 2.00 bits per heavy atom. The number of halogens is 3. The fourth-order valence-electron chi connectivity index (χ4n) is 1.04. The smallest absolute Gasteiger partial charge is 0.368 e. The molecule has 0 aromatic heterocycles. The first-order valence-electron chi connectivity index (χ1n) is 4.04. The van der Waals surface area contributed by atoms with E-state index in [1.165, 1.54) is 0 Å². The van der Waals surface area contributed by atoms with E-state index < -0.39 is 23.7 Å². The summed E-state index contributed by atoms with van der Waals surface area (Å²) in [5.41, 5.74) is 9.72. The Morgan fingerprint density at radius 1 is 1.20 bits per heavy atom. The van der Waals surface area contributed by atoms with Crippen molar-refractivity contribution in [2.24, 2.45) is 11.5 Å². The first-order valence-corrected chi connectivity index (χ1v) is 4.04. The summed E-state index contributed by atoms with van der Waals surface area (Å²) < 4.78 is 36.5. The van der Waals surface area contributed by atoms with Crippen LogP contribution in [0, 0.1) is 0 Å². The second-order valence-corrected chi connectivity index (χ2v) is 3.00. The number of alkyl halides is 3. The fourth-order valence-corrected chi connectivity index (χ4v) is 1.04. The van der Waals surface area contributed by atoms with Gasteiger partial charge in [0.15, 0.2) is 0 Å². The normalized spacial score (nSPS) is 13.6. The molecule has 1 atom stereocenters. The zero-order valence-corrected chi connectivity index (χ0v) is 7.58. The number of hydrogen-bond donors (Lipinski definition) is 2. The highest BCUT2D eigenvalue weighted by Gasteiger charge is 2.30. The third-order valence-corrected chi connectivity index (χ3v) is 1.90. The van der Waals surface area contributed by atoms with E-state index >= 15 is 0 Å². The van der Waals surface area contributed by atoms with Crippen LogP contribution >= 0.6 is 0 Å².